The Morgan fingerprint density at radius 1 is 1.06 bits per heavy atom. The van der Waals surface area contributed by atoms with Crippen LogP contribution in [-0.4, -0.2) is 34.8 Å². The zero-order chi connectivity index (χ0) is 23.7. The molecule has 1 saturated carbocycles. The van der Waals surface area contributed by atoms with E-state index in [1.807, 2.05) is 24.3 Å². The Bertz CT molecular complexity index is 1210. The van der Waals surface area contributed by atoms with E-state index in [1.54, 1.807) is 0 Å². The number of carbonyl (C=O) groups excluding carboxylic acids is 1. The average Bonchev–Trinajstić information content (AvgIpc) is 3.17. The lowest BCUT2D eigenvalue weighted by Crippen LogP contribution is -2.40. The van der Waals surface area contributed by atoms with Crippen LogP contribution in [0.3, 0.4) is 0 Å². The van der Waals surface area contributed by atoms with Crippen LogP contribution in [0.4, 0.5) is 0 Å². The molecule has 2 unspecified atom stereocenters. The summed E-state index contributed by atoms with van der Waals surface area (Å²) in [6.45, 7) is 0.490. The predicted octanol–water partition coefficient (Wildman–Crippen LogP) is 5.77. The van der Waals surface area contributed by atoms with Gasteiger partial charge < -0.3 is 19.1 Å². The van der Waals surface area contributed by atoms with Gasteiger partial charge in [0.2, 0.25) is 0 Å². The number of hydrogen-bond donors (Lipinski definition) is 1. The number of aliphatic carboxylic acids is 1. The Kier molecular flexibility index (Phi) is 6.31. The quantitative estimate of drug-likeness (QED) is 0.488. The molecule has 2 atom stereocenters. The van der Waals surface area contributed by atoms with Gasteiger partial charge in [-0.05, 0) is 48.9 Å². The second-order valence-electron chi connectivity index (χ2n) is 9.48. The molecular weight excluding hydrogens is 430 g/mol. The molecule has 1 aliphatic heterocycles. The number of rotatable bonds is 5. The number of nitrogens with zero attached hydrogens (tertiary/aromatic N) is 1. The monoisotopic (exact) mass is 461 g/mol. The van der Waals surface area contributed by atoms with E-state index in [0.29, 0.717) is 24.6 Å². The minimum absolute atomic E-state index is 0.0345. The number of carboxylic acids is 1. The largest absolute Gasteiger partial charge is 0.481 e. The highest BCUT2D eigenvalue weighted by Crippen LogP contribution is 2.47. The number of ether oxygens (including phenoxy) is 2. The molecule has 6 heteroatoms. The van der Waals surface area contributed by atoms with Crippen molar-refractivity contribution in [1.82, 2.24) is 4.57 Å². The van der Waals surface area contributed by atoms with Gasteiger partial charge in [-0.1, -0.05) is 49.6 Å². The van der Waals surface area contributed by atoms with Crippen molar-refractivity contribution in [3.05, 3.63) is 54.1 Å². The molecule has 0 saturated heterocycles. The molecule has 0 spiro atoms. The van der Waals surface area contributed by atoms with Gasteiger partial charge in [0.1, 0.15) is 5.75 Å². The number of carbonyl (C=O) groups is 2. The highest BCUT2D eigenvalue weighted by Gasteiger charge is 2.37. The van der Waals surface area contributed by atoms with Crippen LogP contribution in [0.2, 0.25) is 0 Å². The lowest BCUT2D eigenvalue weighted by Gasteiger charge is -2.31. The molecule has 1 N–H and O–H groups in total. The maximum absolute atomic E-state index is 12.8. The molecular formula is C28H31NO5. The fourth-order valence-electron chi connectivity index (χ4n) is 5.85. The SMILES string of the molecule is COC(=O)C1Oc2ccccc2-c2c(C3CCCCC3)c3ccccc3n2CC1CCC(=O)O. The lowest BCUT2D eigenvalue weighted by atomic mass is 9.81. The third-order valence-electron chi connectivity index (χ3n) is 7.43. The predicted molar refractivity (Wildman–Crippen MR) is 130 cm³/mol. The highest BCUT2D eigenvalue weighted by molar-refractivity contribution is 5.94. The van der Waals surface area contributed by atoms with Crippen molar-refractivity contribution in [2.75, 3.05) is 7.11 Å². The van der Waals surface area contributed by atoms with Gasteiger partial charge >= 0.3 is 11.9 Å². The van der Waals surface area contributed by atoms with E-state index in [9.17, 15) is 14.7 Å². The van der Waals surface area contributed by atoms with E-state index in [4.69, 9.17) is 9.47 Å². The molecule has 0 amide bonds. The molecule has 5 rings (SSSR count). The van der Waals surface area contributed by atoms with Crippen LogP contribution in [0.1, 0.15) is 56.4 Å². The molecule has 1 aromatic heterocycles. The first kappa shape index (κ1) is 22.5. The summed E-state index contributed by atoms with van der Waals surface area (Å²) >= 11 is 0. The lowest BCUT2D eigenvalue weighted by molar-refractivity contribution is -0.152. The van der Waals surface area contributed by atoms with Gasteiger partial charge in [0.05, 0.1) is 12.8 Å². The van der Waals surface area contributed by atoms with Crippen LogP contribution < -0.4 is 4.74 Å². The summed E-state index contributed by atoms with van der Waals surface area (Å²) in [5.41, 5.74) is 4.61. The Morgan fingerprint density at radius 3 is 2.56 bits per heavy atom. The number of methoxy groups -OCH3 is 1. The van der Waals surface area contributed by atoms with Crippen LogP contribution in [0.15, 0.2) is 48.5 Å². The van der Waals surface area contributed by atoms with Crippen molar-refractivity contribution in [2.24, 2.45) is 5.92 Å². The minimum Gasteiger partial charge on any atom is -0.481 e. The molecule has 2 aliphatic rings. The first-order chi connectivity index (χ1) is 16.6. The summed E-state index contributed by atoms with van der Waals surface area (Å²) in [5.74, 6) is -0.592. The summed E-state index contributed by atoms with van der Waals surface area (Å²) in [6.07, 6.45) is 5.48. The number of esters is 1. The maximum Gasteiger partial charge on any atom is 0.347 e. The van der Waals surface area contributed by atoms with Crippen LogP contribution in [0.25, 0.3) is 22.2 Å². The van der Waals surface area contributed by atoms with Crippen molar-refractivity contribution in [3.63, 3.8) is 0 Å². The number of carboxylic acid groups (broad SMARTS) is 1. The van der Waals surface area contributed by atoms with Crippen molar-refractivity contribution in [1.29, 1.82) is 0 Å². The Hall–Kier alpha value is -3.28. The summed E-state index contributed by atoms with van der Waals surface area (Å²) in [6, 6.07) is 16.4. The van der Waals surface area contributed by atoms with E-state index in [-0.39, 0.29) is 12.3 Å². The molecule has 178 valence electrons. The van der Waals surface area contributed by atoms with E-state index in [1.165, 1.54) is 37.3 Å². The molecule has 1 aliphatic carbocycles. The van der Waals surface area contributed by atoms with Crippen LogP contribution >= 0.6 is 0 Å². The molecule has 1 fully saturated rings. The number of benzene rings is 2. The fourth-order valence-corrected chi connectivity index (χ4v) is 5.85. The second-order valence-corrected chi connectivity index (χ2v) is 9.48. The fraction of sp³-hybridized carbons (Fsp3) is 0.429. The molecule has 6 nitrogen and oxygen atoms in total. The number of fused-ring (bicyclic) bond motifs is 5. The van der Waals surface area contributed by atoms with Gasteiger partial charge in [-0.25, -0.2) is 4.79 Å². The van der Waals surface area contributed by atoms with Gasteiger partial charge in [0, 0.05) is 35.3 Å². The minimum atomic E-state index is -0.883. The molecule has 34 heavy (non-hydrogen) atoms. The molecule has 0 radical (unpaired) electrons. The first-order valence-corrected chi connectivity index (χ1v) is 12.2. The smallest absolute Gasteiger partial charge is 0.347 e. The number of hydrogen-bond acceptors (Lipinski definition) is 4. The van der Waals surface area contributed by atoms with E-state index >= 15 is 0 Å². The summed E-state index contributed by atoms with van der Waals surface area (Å²) in [4.78, 5) is 24.3. The van der Waals surface area contributed by atoms with E-state index in [0.717, 1.165) is 29.6 Å². The Balaban J connectivity index is 1.75. The average molecular weight is 462 g/mol. The van der Waals surface area contributed by atoms with E-state index < -0.39 is 18.0 Å². The van der Waals surface area contributed by atoms with Gasteiger partial charge in [-0.3, -0.25) is 4.79 Å². The third kappa shape index (κ3) is 4.06. The molecule has 2 aromatic carbocycles. The summed E-state index contributed by atoms with van der Waals surface area (Å²) < 4.78 is 13.8. The topological polar surface area (TPSA) is 77.8 Å². The summed E-state index contributed by atoms with van der Waals surface area (Å²) in [7, 11) is 1.35. The zero-order valence-corrected chi connectivity index (χ0v) is 19.5. The van der Waals surface area contributed by atoms with Crippen molar-refractivity contribution in [3.8, 4) is 17.0 Å². The zero-order valence-electron chi connectivity index (χ0n) is 19.5. The maximum atomic E-state index is 12.8. The van der Waals surface area contributed by atoms with Gasteiger partial charge in [-0.2, -0.15) is 0 Å². The number of aromatic nitrogens is 1. The molecule has 0 bridgehead atoms. The highest BCUT2D eigenvalue weighted by atomic mass is 16.6. The second kappa shape index (κ2) is 9.53. The molecule has 3 aromatic rings. The van der Waals surface area contributed by atoms with Gasteiger partial charge in [0.25, 0.3) is 0 Å². The Morgan fingerprint density at radius 2 is 1.79 bits per heavy atom. The van der Waals surface area contributed by atoms with Crippen molar-refractivity contribution < 1.29 is 24.2 Å². The van der Waals surface area contributed by atoms with E-state index in [2.05, 4.69) is 28.8 Å². The van der Waals surface area contributed by atoms with Crippen molar-refractivity contribution in [2.45, 2.75) is 63.5 Å². The normalized spacial score (nSPS) is 20.5. The van der Waals surface area contributed by atoms with Crippen LogP contribution in [-0.2, 0) is 20.9 Å². The number of para-hydroxylation sites is 2. The van der Waals surface area contributed by atoms with Gasteiger partial charge in [0.15, 0.2) is 6.10 Å². The van der Waals surface area contributed by atoms with Crippen LogP contribution in [0.5, 0.6) is 5.75 Å². The third-order valence-corrected chi connectivity index (χ3v) is 7.43. The Labute approximate surface area is 199 Å². The van der Waals surface area contributed by atoms with Crippen LogP contribution in [0, 0.1) is 5.92 Å². The summed E-state index contributed by atoms with van der Waals surface area (Å²) in [5, 5.41) is 10.6. The standard InChI is InChI=1S/C28H31NO5/c1-33-28(32)27-19(15-16-24(30)31)17-29-22-13-7-5-11-20(22)25(18-9-3-2-4-10-18)26(29)21-12-6-8-14-23(21)34-27/h5-8,11-14,18-19,27H,2-4,9-10,15-17H2,1H3,(H,30,31). The first-order valence-electron chi connectivity index (χ1n) is 12.2. The molecule has 2 heterocycles. The van der Waals surface area contributed by atoms with Crippen molar-refractivity contribution >= 4 is 22.8 Å². The van der Waals surface area contributed by atoms with Gasteiger partial charge in [-0.15, -0.1) is 0 Å².